The number of nitrogens with one attached hydrogen (secondary N) is 1. The first-order valence-electron chi connectivity index (χ1n) is 6.41. The summed E-state index contributed by atoms with van der Waals surface area (Å²) in [5.41, 5.74) is 1.78. The summed E-state index contributed by atoms with van der Waals surface area (Å²) in [6.07, 6.45) is 0. The van der Waals surface area contributed by atoms with Crippen molar-refractivity contribution in [3.8, 4) is 5.75 Å². The van der Waals surface area contributed by atoms with Crippen LogP contribution in [0.5, 0.6) is 5.75 Å². The van der Waals surface area contributed by atoms with Crippen LogP contribution in [0.3, 0.4) is 0 Å². The van der Waals surface area contributed by atoms with Gasteiger partial charge in [-0.3, -0.25) is 0 Å². The summed E-state index contributed by atoms with van der Waals surface area (Å²) < 4.78 is 22.8. The van der Waals surface area contributed by atoms with Crippen LogP contribution in [0.25, 0.3) is 0 Å². The molecule has 0 fully saturated rings. The molecule has 0 saturated heterocycles. The van der Waals surface area contributed by atoms with Crippen LogP contribution in [0.4, 0.5) is 4.39 Å². The van der Waals surface area contributed by atoms with Gasteiger partial charge in [0.15, 0.2) is 11.6 Å². The first kappa shape index (κ1) is 14.9. The van der Waals surface area contributed by atoms with E-state index in [2.05, 4.69) is 28.8 Å². The van der Waals surface area contributed by atoms with Crippen LogP contribution in [0, 0.1) is 5.82 Å². The number of nitrogens with zero attached hydrogens (tertiary/aromatic N) is 2. The van der Waals surface area contributed by atoms with E-state index in [1.807, 2.05) is 13.1 Å². The molecule has 1 atom stereocenters. The van der Waals surface area contributed by atoms with Gasteiger partial charge in [0.25, 0.3) is 0 Å². The summed E-state index contributed by atoms with van der Waals surface area (Å²) in [6.45, 7) is 4.14. The lowest BCUT2D eigenvalue weighted by Crippen LogP contribution is -2.18. The van der Waals surface area contributed by atoms with Gasteiger partial charge in [0.1, 0.15) is 0 Å². The van der Waals surface area contributed by atoms with Crippen molar-refractivity contribution in [3.05, 3.63) is 40.2 Å². The molecule has 1 aromatic heterocycles. The Bertz CT molecular complexity index is 586. The quantitative estimate of drug-likeness (QED) is 0.920. The van der Waals surface area contributed by atoms with Crippen molar-refractivity contribution in [2.75, 3.05) is 14.2 Å². The van der Waals surface area contributed by atoms with E-state index in [0.717, 1.165) is 16.1 Å². The molecular weight excluding hydrogens is 277 g/mol. The van der Waals surface area contributed by atoms with Crippen LogP contribution < -0.4 is 10.1 Å². The highest BCUT2D eigenvalue weighted by atomic mass is 32.1. The summed E-state index contributed by atoms with van der Waals surface area (Å²) in [5, 5.41) is 7.38. The minimum absolute atomic E-state index is 0.118. The number of methoxy groups -OCH3 is 1. The average Bonchev–Trinajstić information content (AvgIpc) is 2.89. The third kappa shape index (κ3) is 2.81. The number of rotatable bonds is 5. The Kier molecular flexibility index (Phi) is 4.67. The zero-order valence-electron chi connectivity index (χ0n) is 12.0. The van der Waals surface area contributed by atoms with Gasteiger partial charge in [0, 0.05) is 0 Å². The number of hydrogen-bond donors (Lipinski definition) is 1. The van der Waals surface area contributed by atoms with E-state index >= 15 is 0 Å². The van der Waals surface area contributed by atoms with E-state index in [1.165, 1.54) is 24.7 Å². The molecule has 0 aliphatic heterocycles. The lowest BCUT2D eigenvalue weighted by Gasteiger charge is -2.17. The van der Waals surface area contributed by atoms with Crippen molar-refractivity contribution < 1.29 is 9.13 Å². The first-order valence-corrected chi connectivity index (χ1v) is 7.18. The van der Waals surface area contributed by atoms with E-state index in [9.17, 15) is 4.39 Å². The summed E-state index contributed by atoms with van der Waals surface area (Å²) in [6, 6.07) is 4.86. The number of benzene rings is 1. The molecule has 108 valence electrons. The second-order valence-electron chi connectivity index (χ2n) is 4.79. The molecular formula is C14H18FN3OS. The molecule has 0 bridgehead atoms. The lowest BCUT2D eigenvalue weighted by molar-refractivity contribution is 0.386. The molecule has 2 rings (SSSR count). The Balaban J connectivity index is 2.42. The molecule has 1 unspecified atom stereocenters. The number of hydrogen-bond acceptors (Lipinski definition) is 5. The highest BCUT2D eigenvalue weighted by molar-refractivity contribution is 7.05. The number of halogens is 1. The fraction of sp³-hybridized carbons (Fsp3) is 0.429. The molecule has 4 nitrogen and oxygen atoms in total. The minimum atomic E-state index is -0.367. The normalized spacial score (nSPS) is 12.7. The largest absolute Gasteiger partial charge is 0.494 e. The molecule has 0 aliphatic carbocycles. The fourth-order valence-corrected chi connectivity index (χ4v) is 3.06. The van der Waals surface area contributed by atoms with Crippen molar-refractivity contribution in [2.45, 2.75) is 25.8 Å². The Morgan fingerprint density at radius 2 is 2.10 bits per heavy atom. The van der Waals surface area contributed by atoms with Crippen molar-refractivity contribution >= 4 is 11.5 Å². The van der Waals surface area contributed by atoms with E-state index in [1.54, 1.807) is 6.07 Å². The van der Waals surface area contributed by atoms with E-state index < -0.39 is 0 Å². The predicted molar refractivity (Wildman–Crippen MR) is 77.9 cm³/mol. The third-order valence-corrected chi connectivity index (χ3v) is 3.95. The van der Waals surface area contributed by atoms with Crippen LogP contribution in [-0.4, -0.2) is 23.7 Å². The van der Waals surface area contributed by atoms with Gasteiger partial charge < -0.3 is 10.1 Å². The maximum Gasteiger partial charge on any atom is 0.165 e. The molecule has 2 aromatic rings. The minimum Gasteiger partial charge on any atom is -0.494 e. The zero-order chi connectivity index (χ0) is 14.7. The fourth-order valence-electron chi connectivity index (χ4n) is 2.12. The van der Waals surface area contributed by atoms with Crippen LogP contribution in [0.2, 0.25) is 0 Å². The predicted octanol–water partition coefficient (Wildman–Crippen LogP) is 3.12. The third-order valence-electron chi connectivity index (χ3n) is 3.15. The van der Waals surface area contributed by atoms with Gasteiger partial charge in [-0.15, -0.1) is 5.10 Å². The topological polar surface area (TPSA) is 47.0 Å². The molecule has 6 heteroatoms. The number of ether oxygens (including phenoxy) is 1. The Labute approximate surface area is 122 Å². The molecule has 0 aliphatic rings. The molecule has 0 spiro atoms. The molecule has 20 heavy (non-hydrogen) atoms. The van der Waals surface area contributed by atoms with Crippen LogP contribution >= 0.6 is 11.5 Å². The molecule has 1 heterocycles. The van der Waals surface area contributed by atoms with Crippen molar-refractivity contribution in [1.29, 1.82) is 0 Å². The Morgan fingerprint density at radius 1 is 1.35 bits per heavy atom. The molecule has 0 saturated carbocycles. The summed E-state index contributed by atoms with van der Waals surface area (Å²) in [4.78, 5) is 1.02. The van der Waals surface area contributed by atoms with E-state index in [4.69, 9.17) is 4.74 Å². The van der Waals surface area contributed by atoms with Crippen LogP contribution in [-0.2, 0) is 0 Å². The highest BCUT2D eigenvalue weighted by Crippen LogP contribution is 2.32. The van der Waals surface area contributed by atoms with Gasteiger partial charge in [-0.1, -0.05) is 24.4 Å². The van der Waals surface area contributed by atoms with Crippen LogP contribution in [0.15, 0.2) is 18.2 Å². The molecule has 1 N–H and O–H groups in total. The van der Waals surface area contributed by atoms with Crippen LogP contribution in [0.1, 0.15) is 41.9 Å². The number of aromatic nitrogens is 2. The molecule has 1 aromatic carbocycles. The first-order chi connectivity index (χ1) is 9.58. The Hall–Kier alpha value is -1.53. The van der Waals surface area contributed by atoms with E-state index in [0.29, 0.717) is 0 Å². The van der Waals surface area contributed by atoms with Crippen molar-refractivity contribution in [1.82, 2.24) is 14.9 Å². The second kappa shape index (κ2) is 6.28. The van der Waals surface area contributed by atoms with Crippen molar-refractivity contribution in [3.63, 3.8) is 0 Å². The SMILES string of the molecule is CNC(c1ccc(OC)c(F)c1)c1snnc1C(C)C. The van der Waals surface area contributed by atoms with Gasteiger partial charge in [-0.05, 0) is 42.2 Å². The summed E-state index contributed by atoms with van der Waals surface area (Å²) in [5.74, 6) is 0.159. The monoisotopic (exact) mass is 295 g/mol. The zero-order valence-corrected chi connectivity index (χ0v) is 12.8. The highest BCUT2D eigenvalue weighted by Gasteiger charge is 2.22. The van der Waals surface area contributed by atoms with Crippen molar-refractivity contribution in [2.24, 2.45) is 0 Å². The summed E-state index contributed by atoms with van der Waals surface area (Å²) >= 11 is 1.34. The van der Waals surface area contributed by atoms with E-state index in [-0.39, 0.29) is 23.5 Å². The average molecular weight is 295 g/mol. The summed E-state index contributed by atoms with van der Waals surface area (Å²) in [7, 11) is 3.30. The molecule has 0 radical (unpaired) electrons. The van der Waals surface area contributed by atoms with Gasteiger partial charge in [-0.25, -0.2) is 4.39 Å². The van der Waals surface area contributed by atoms with Gasteiger partial charge in [0.2, 0.25) is 0 Å². The van der Waals surface area contributed by atoms with Gasteiger partial charge >= 0.3 is 0 Å². The van der Waals surface area contributed by atoms with Gasteiger partial charge in [-0.2, -0.15) is 0 Å². The molecule has 0 amide bonds. The maximum absolute atomic E-state index is 13.9. The Morgan fingerprint density at radius 3 is 2.65 bits per heavy atom. The standard InChI is InChI=1S/C14H18FN3OS/c1-8(2)12-14(20-18-17-12)13(16-3)9-5-6-11(19-4)10(15)7-9/h5-8,13,16H,1-4H3. The van der Waals surface area contributed by atoms with Gasteiger partial charge in [0.05, 0.1) is 23.7 Å². The lowest BCUT2D eigenvalue weighted by atomic mass is 10.00. The maximum atomic E-state index is 13.9. The second-order valence-corrected chi connectivity index (χ2v) is 5.58. The smallest absolute Gasteiger partial charge is 0.165 e.